The third-order valence-electron chi connectivity index (χ3n) is 3.75. The number of hydrogen-bond acceptors (Lipinski definition) is 5. The molecule has 0 bridgehead atoms. The molecular weight excluding hydrogens is 378 g/mol. The van der Waals surface area contributed by atoms with Crippen LogP contribution in [0.2, 0.25) is 5.02 Å². The molecule has 3 rings (SSSR count). The Hall–Kier alpha value is -0.830. The van der Waals surface area contributed by atoms with Crippen LogP contribution in [0.1, 0.15) is 6.92 Å². The summed E-state index contributed by atoms with van der Waals surface area (Å²) in [5, 5.41) is 30.6. The summed E-state index contributed by atoms with van der Waals surface area (Å²) in [7, 11) is 0. The summed E-state index contributed by atoms with van der Waals surface area (Å²) in [6.45, 7) is 1.59. The van der Waals surface area contributed by atoms with E-state index in [-0.39, 0.29) is 0 Å². The van der Waals surface area contributed by atoms with E-state index < -0.39 is 30.7 Å². The minimum atomic E-state index is -1.37. The number of halogens is 2. The molecule has 0 radical (unpaired) electrons. The van der Waals surface area contributed by atoms with E-state index in [1.165, 1.54) is 0 Å². The highest BCUT2D eigenvalue weighted by molar-refractivity contribution is 9.10. The van der Waals surface area contributed by atoms with E-state index in [9.17, 15) is 15.3 Å². The SMILES string of the molecule is C[C@@H]1O[C@@H](Oc2c[nH]c3ccc(Br)c(Cl)c23)[C@@H](O)[C@H](O)[C@@H]1O. The minimum absolute atomic E-state index is 0.390. The predicted molar refractivity (Wildman–Crippen MR) is 84.0 cm³/mol. The van der Waals surface area contributed by atoms with Crippen molar-refractivity contribution in [3.63, 3.8) is 0 Å². The molecule has 1 saturated heterocycles. The van der Waals surface area contributed by atoms with Gasteiger partial charge in [0.1, 0.15) is 24.1 Å². The van der Waals surface area contributed by atoms with Crippen LogP contribution in [-0.4, -0.2) is 51.0 Å². The highest BCUT2D eigenvalue weighted by Gasteiger charge is 2.43. The third-order valence-corrected chi connectivity index (χ3v) is 5.03. The van der Waals surface area contributed by atoms with Crippen LogP contribution >= 0.6 is 27.5 Å². The second-order valence-corrected chi connectivity index (χ2v) is 6.47. The number of fused-ring (bicyclic) bond motifs is 1. The number of H-pyrrole nitrogens is 1. The van der Waals surface area contributed by atoms with Crippen molar-refractivity contribution in [2.75, 3.05) is 0 Å². The number of aliphatic hydroxyl groups excluding tert-OH is 3. The standard InChI is InChI=1S/C14H15BrClNO5/c1-5-11(18)12(19)13(20)14(21-5)22-8-4-17-7-3-2-6(15)10(16)9(7)8/h2-5,11-14,17-20H,1H3/t5-,11+,12+,13-,14-/m0/s1. The molecule has 8 heteroatoms. The van der Waals surface area contributed by atoms with Gasteiger partial charge < -0.3 is 29.8 Å². The number of aliphatic hydroxyl groups is 3. The molecule has 1 aliphatic rings. The lowest BCUT2D eigenvalue weighted by Crippen LogP contribution is -2.58. The van der Waals surface area contributed by atoms with Crippen molar-refractivity contribution >= 4 is 38.4 Å². The summed E-state index contributed by atoms with van der Waals surface area (Å²) in [6, 6.07) is 3.64. The molecule has 0 unspecified atom stereocenters. The van der Waals surface area contributed by atoms with Gasteiger partial charge in [-0.25, -0.2) is 0 Å². The zero-order chi connectivity index (χ0) is 16.0. The summed E-state index contributed by atoms with van der Waals surface area (Å²) in [5.74, 6) is 0.390. The lowest BCUT2D eigenvalue weighted by molar-refractivity contribution is -0.267. The second kappa shape index (κ2) is 5.99. The first kappa shape index (κ1) is 16.0. The summed E-state index contributed by atoms with van der Waals surface area (Å²) in [5.41, 5.74) is 0.766. The second-order valence-electron chi connectivity index (χ2n) is 5.24. The third kappa shape index (κ3) is 2.62. The van der Waals surface area contributed by atoms with Gasteiger partial charge >= 0.3 is 0 Å². The van der Waals surface area contributed by atoms with Gasteiger partial charge in [-0.1, -0.05) is 11.6 Å². The molecular formula is C14H15BrClNO5. The number of hydrogen-bond donors (Lipinski definition) is 4. The Bertz CT molecular complexity index is 693. The number of ether oxygens (including phenoxy) is 2. The molecule has 0 aliphatic carbocycles. The lowest BCUT2D eigenvalue weighted by Gasteiger charge is -2.38. The quantitative estimate of drug-likeness (QED) is 0.625. The Labute approximate surface area is 139 Å². The zero-order valence-corrected chi connectivity index (χ0v) is 13.9. The predicted octanol–water partition coefficient (Wildman–Crippen LogP) is 1.79. The zero-order valence-electron chi connectivity index (χ0n) is 11.5. The first-order chi connectivity index (χ1) is 10.4. The Morgan fingerprint density at radius 3 is 2.68 bits per heavy atom. The molecule has 120 valence electrons. The van der Waals surface area contributed by atoms with E-state index in [4.69, 9.17) is 21.1 Å². The summed E-state index contributed by atoms with van der Waals surface area (Å²) >= 11 is 9.61. The smallest absolute Gasteiger partial charge is 0.229 e. The first-order valence-corrected chi connectivity index (χ1v) is 7.88. The van der Waals surface area contributed by atoms with Gasteiger partial charge in [0.2, 0.25) is 6.29 Å². The molecule has 0 spiro atoms. The van der Waals surface area contributed by atoms with Crippen molar-refractivity contribution in [2.45, 2.75) is 37.6 Å². The van der Waals surface area contributed by atoms with Gasteiger partial charge in [-0.3, -0.25) is 0 Å². The van der Waals surface area contributed by atoms with Gasteiger partial charge in [0.25, 0.3) is 0 Å². The Morgan fingerprint density at radius 1 is 1.23 bits per heavy atom. The van der Waals surface area contributed by atoms with Crippen LogP contribution in [0, 0.1) is 0 Å². The molecule has 1 aliphatic heterocycles. The largest absolute Gasteiger partial charge is 0.460 e. The van der Waals surface area contributed by atoms with Gasteiger partial charge in [-0.2, -0.15) is 0 Å². The molecule has 0 saturated carbocycles. The van der Waals surface area contributed by atoms with Gasteiger partial charge in [0, 0.05) is 10.7 Å². The fourth-order valence-electron chi connectivity index (χ4n) is 2.46. The highest BCUT2D eigenvalue weighted by atomic mass is 79.9. The highest BCUT2D eigenvalue weighted by Crippen LogP contribution is 2.38. The van der Waals surface area contributed by atoms with Gasteiger partial charge in [-0.05, 0) is 35.0 Å². The number of nitrogens with one attached hydrogen (secondary N) is 1. The van der Waals surface area contributed by atoms with E-state index in [1.807, 2.05) is 6.07 Å². The Kier molecular flexibility index (Phi) is 4.37. The van der Waals surface area contributed by atoms with Crippen molar-refractivity contribution in [3.8, 4) is 5.75 Å². The minimum Gasteiger partial charge on any atom is -0.460 e. The molecule has 5 atom stereocenters. The van der Waals surface area contributed by atoms with Crippen LogP contribution in [0.15, 0.2) is 22.8 Å². The van der Waals surface area contributed by atoms with E-state index in [0.29, 0.717) is 20.6 Å². The maximum Gasteiger partial charge on any atom is 0.229 e. The maximum absolute atomic E-state index is 10.0. The van der Waals surface area contributed by atoms with E-state index in [1.54, 1.807) is 19.2 Å². The molecule has 1 aromatic carbocycles. The van der Waals surface area contributed by atoms with Crippen molar-refractivity contribution < 1.29 is 24.8 Å². The van der Waals surface area contributed by atoms with Crippen LogP contribution in [0.5, 0.6) is 5.75 Å². The normalized spacial score (nSPS) is 32.4. The van der Waals surface area contributed by atoms with E-state index in [0.717, 1.165) is 5.52 Å². The average Bonchev–Trinajstić information content (AvgIpc) is 2.90. The van der Waals surface area contributed by atoms with E-state index in [2.05, 4.69) is 20.9 Å². The molecule has 2 heterocycles. The molecule has 22 heavy (non-hydrogen) atoms. The molecule has 0 amide bonds. The number of aromatic amines is 1. The molecule has 1 fully saturated rings. The monoisotopic (exact) mass is 391 g/mol. The van der Waals surface area contributed by atoms with Crippen LogP contribution in [-0.2, 0) is 4.74 Å². The van der Waals surface area contributed by atoms with Crippen molar-refractivity contribution in [3.05, 3.63) is 27.8 Å². The topological polar surface area (TPSA) is 94.9 Å². The summed E-state index contributed by atoms with van der Waals surface area (Å²) in [6.07, 6.45) is -4.07. The number of aromatic nitrogens is 1. The van der Waals surface area contributed by atoms with Crippen molar-refractivity contribution in [2.24, 2.45) is 0 Å². The van der Waals surface area contributed by atoms with Gasteiger partial charge in [0.15, 0.2) is 0 Å². The number of rotatable bonds is 2. The summed E-state index contributed by atoms with van der Waals surface area (Å²) in [4.78, 5) is 3.01. The Balaban J connectivity index is 1.92. The summed E-state index contributed by atoms with van der Waals surface area (Å²) < 4.78 is 11.8. The van der Waals surface area contributed by atoms with Crippen molar-refractivity contribution in [1.29, 1.82) is 0 Å². The fraction of sp³-hybridized carbons (Fsp3) is 0.429. The van der Waals surface area contributed by atoms with Crippen molar-refractivity contribution in [1.82, 2.24) is 4.98 Å². The van der Waals surface area contributed by atoms with Crippen LogP contribution in [0.25, 0.3) is 10.9 Å². The molecule has 1 aromatic heterocycles. The average molecular weight is 393 g/mol. The van der Waals surface area contributed by atoms with Crippen LogP contribution < -0.4 is 4.74 Å². The van der Waals surface area contributed by atoms with E-state index >= 15 is 0 Å². The molecule has 2 aromatic rings. The molecule has 4 N–H and O–H groups in total. The lowest BCUT2D eigenvalue weighted by atomic mass is 10.00. The van der Waals surface area contributed by atoms with Gasteiger partial charge in [-0.15, -0.1) is 0 Å². The Morgan fingerprint density at radius 2 is 1.95 bits per heavy atom. The maximum atomic E-state index is 10.0. The van der Waals surface area contributed by atoms with Crippen LogP contribution in [0.4, 0.5) is 0 Å². The first-order valence-electron chi connectivity index (χ1n) is 6.71. The van der Waals surface area contributed by atoms with Crippen LogP contribution in [0.3, 0.4) is 0 Å². The molecule has 6 nitrogen and oxygen atoms in total. The number of benzene rings is 1. The fourth-order valence-corrected chi connectivity index (χ4v) is 3.04. The van der Waals surface area contributed by atoms with Gasteiger partial charge in [0.05, 0.1) is 22.0 Å².